The predicted molar refractivity (Wildman–Crippen MR) is 103 cm³/mol. The molecule has 24 heavy (non-hydrogen) atoms. The van der Waals surface area contributed by atoms with Gasteiger partial charge in [0.15, 0.2) is 0 Å². The van der Waals surface area contributed by atoms with Crippen LogP contribution in [-0.4, -0.2) is 10.8 Å². The molecule has 1 aromatic heterocycles. The monoisotopic (exact) mass is 333 g/mol. The lowest BCUT2D eigenvalue weighted by Crippen LogP contribution is -1.91. The maximum atomic E-state index is 5.88. The summed E-state index contributed by atoms with van der Waals surface area (Å²) in [6, 6.07) is 22.3. The van der Waals surface area contributed by atoms with E-state index in [4.69, 9.17) is 11.6 Å². The molecule has 1 heterocycles. The maximum absolute atomic E-state index is 5.88. The van der Waals surface area contributed by atoms with Gasteiger partial charge < -0.3 is 4.57 Å². The summed E-state index contributed by atoms with van der Waals surface area (Å²) in [6.45, 7) is 0. The topological polar surface area (TPSA) is 29.3 Å². The molecule has 0 saturated heterocycles. The highest BCUT2D eigenvalue weighted by molar-refractivity contribution is 6.30. The van der Waals surface area contributed by atoms with Crippen LogP contribution in [0.3, 0.4) is 0 Å². The van der Waals surface area contributed by atoms with Crippen molar-refractivity contribution in [3.63, 3.8) is 0 Å². The third-order valence-electron chi connectivity index (χ3n) is 4.19. The Balaban J connectivity index is 1.66. The van der Waals surface area contributed by atoms with Crippen LogP contribution in [0.25, 0.3) is 21.8 Å². The number of rotatable bonds is 3. The molecule has 4 heteroatoms. The molecule has 1 N–H and O–H groups in total. The number of halogens is 1. The lowest BCUT2D eigenvalue weighted by atomic mass is 10.1. The second kappa shape index (κ2) is 6.02. The van der Waals surface area contributed by atoms with Crippen LogP contribution < -0.4 is 5.43 Å². The van der Waals surface area contributed by atoms with Crippen molar-refractivity contribution >= 4 is 45.3 Å². The molecule has 4 aromatic rings. The Kier molecular flexibility index (Phi) is 3.71. The van der Waals surface area contributed by atoms with E-state index in [2.05, 4.69) is 64.6 Å². The quantitative estimate of drug-likeness (QED) is 0.393. The standard InChI is InChI=1S/C20H16ClN3/c1-24-19-5-3-2-4-17(19)18-12-14(6-11-20(18)24)13-22-23-16-9-7-15(21)8-10-16/h2-13,23H,1H3/b22-13+. The minimum absolute atomic E-state index is 0.714. The lowest BCUT2D eigenvalue weighted by Gasteiger charge is -2.00. The van der Waals surface area contributed by atoms with Gasteiger partial charge in [-0.2, -0.15) is 5.10 Å². The first-order valence-corrected chi connectivity index (χ1v) is 8.12. The second-order valence-electron chi connectivity index (χ2n) is 5.73. The fourth-order valence-electron chi connectivity index (χ4n) is 2.97. The average molecular weight is 334 g/mol. The van der Waals surface area contributed by atoms with E-state index in [-0.39, 0.29) is 0 Å². The Morgan fingerprint density at radius 3 is 2.50 bits per heavy atom. The van der Waals surface area contributed by atoms with E-state index < -0.39 is 0 Å². The van der Waals surface area contributed by atoms with Gasteiger partial charge in [-0.1, -0.05) is 35.9 Å². The molecule has 0 aliphatic carbocycles. The van der Waals surface area contributed by atoms with Crippen LogP contribution in [0, 0.1) is 0 Å². The summed E-state index contributed by atoms with van der Waals surface area (Å²) in [4.78, 5) is 0. The van der Waals surface area contributed by atoms with E-state index in [1.807, 2.05) is 30.5 Å². The molecule has 0 amide bonds. The zero-order valence-corrected chi connectivity index (χ0v) is 14.0. The Morgan fingerprint density at radius 1 is 0.917 bits per heavy atom. The molecule has 0 fully saturated rings. The van der Waals surface area contributed by atoms with Gasteiger partial charge in [-0.3, -0.25) is 5.43 Å². The molecule has 3 aromatic carbocycles. The predicted octanol–water partition coefficient (Wildman–Crippen LogP) is 5.43. The minimum Gasteiger partial charge on any atom is -0.344 e. The van der Waals surface area contributed by atoms with Crippen LogP contribution in [0.4, 0.5) is 5.69 Å². The summed E-state index contributed by atoms with van der Waals surface area (Å²) in [6.07, 6.45) is 1.83. The molecule has 0 aliphatic rings. The summed E-state index contributed by atoms with van der Waals surface area (Å²) in [7, 11) is 2.10. The zero-order valence-electron chi connectivity index (χ0n) is 13.2. The Hall–Kier alpha value is -2.78. The van der Waals surface area contributed by atoms with Gasteiger partial charge >= 0.3 is 0 Å². The molecule has 0 radical (unpaired) electrons. The van der Waals surface area contributed by atoms with E-state index in [1.54, 1.807) is 0 Å². The van der Waals surface area contributed by atoms with Crippen molar-refractivity contribution in [2.45, 2.75) is 0 Å². The molecule has 0 saturated carbocycles. The Morgan fingerprint density at radius 2 is 1.67 bits per heavy atom. The molecule has 0 aliphatic heterocycles. The molecule has 4 rings (SSSR count). The average Bonchev–Trinajstić information content (AvgIpc) is 2.90. The molecule has 3 nitrogen and oxygen atoms in total. The summed E-state index contributed by atoms with van der Waals surface area (Å²) in [5.41, 5.74) is 7.43. The number of nitrogens with zero attached hydrogens (tertiary/aromatic N) is 2. The highest BCUT2D eigenvalue weighted by Crippen LogP contribution is 2.28. The van der Waals surface area contributed by atoms with Crippen molar-refractivity contribution < 1.29 is 0 Å². The largest absolute Gasteiger partial charge is 0.344 e. The number of para-hydroxylation sites is 1. The van der Waals surface area contributed by atoms with E-state index >= 15 is 0 Å². The number of hydrazone groups is 1. The highest BCUT2D eigenvalue weighted by Gasteiger charge is 2.07. The third kappa shape index (κ3) is 2.63. The van der Waals surface area contributed by atoms with Crippen molar-refractivity contribution in [3.05, 3.63) is 77.3 Å². The molecular formula is C20H16ClN3. The van der Waals surface area contributed by atoms with Crippen LogP contribution in [0.5, 0.6) is 0 Å². The fraction of sp³-hybridized carbons (Fsp3) is 0.0500. The Labute approximate surface area is 145 Å². The van der Waals surface area contributed by atoms with Gasteiger partial charge in [0.05, 0.1) is 11.9 Å². The minimum atomic E-state index is 0.714. The summed E-state index contributed by atoms with van der Waals surface area (Å²) in [5, 5.41) is 7.52. The van der Waals surface area contributed by atoms with E-state index in [9.17, 15) is 0 Å². The molecule has 118 valence electrons. The van der Waals surface area contributed by atoms with Crippen LogP contribution in [0.1, 0.15) is 5.56 Å². The number of aryl methyl sites for hydroxylation is 1. The van der Waals surface area contributed by atoms with Crippen molar-refractivity contribution in [1.29, 1.82) is 0 Å². The van der Waals surface area contributed by atoms with Crippen LogP contribution in [0.15, 0.2) is 71.8 Å². The normalized spacial score (nSPS) is 11.6. The molecular weight excluding hydrogens is 318 g/mol. The van der Waals surface area contributed by atoms with Gasteiger partial charge in [0.2, 0.25) is 0 Å². The Bertz CT molecular complexity index is 1050. The van der Waals surface area contributed by atoms with E-state index in [0.717, 1.165) is 11.3 Å². The van der Waals surface area contributed by atoms with E-state index in [1.165, 1.54) is 21.8 Å². The van der Waals surface area contributed by atoms with Gasteiger partial charge in [0, 0.05) is 33.9 Å². The van der Waals surface area contributed by atoms with Crippen molar-refractivity contribution in [2.75, 3.05) is 5.43 Å². The molecule has 0 spiro atoms. The van der Waals surface area contributed by atoms with Crippen molar-refractivity contribution in [2.24, 2.45) is 12.1 Å². The number of hydrogen-bond acceptors (Lipinski definition) is 2. The number of hydrogen-bond donors (Lipinski definition) is 1. The first-order valence-electron chi connectivity index (χ1n) is 7.74. The molecule has 0 bridgehead atoms. The SMILES string of the molecule is Cn1c2ccccc2c2cc(/C=N/Nc3ccc(Cl)cc3)ccc21. The second-order valence-corrected chi connectivity index (χ2v) is 6.17. The lowest BCUT2D eigenvalue weighted by molar-refractivity contribution is 1.01. The zero-order chi connectivity index (χ0) is 16.5. The van der Waals surface area contributed by atoms with Gasteiger partial charge in [-0.25, -0.2) is 0 Å². The van der Waals surface area contributed by atoms with Gasteiger partial charge in [0.25, 0.3) is 0 Å². The first-order chi connectivity index (χ1) is 11.7. The summed E-state index contributed by atoms with van der Waals surface area (Å²) >= 11 is 5.88. The molecule has 0 unspecified atom stereocenters. The smallest absolute Gasteiger partial charge is 0.0562 e. The number of anilines is 1. The number of nitrogens with one attached hydrogen (secondary N) is 1. The molecule has 0 atom stereocenters. The fourth-order valence-corrected chi connectivity index (χ4v) is 3.10. The highest BCUT2D eigenvalue weighted by atomic mass is 35.5. The van der Waals surface area contributed by atoms with Crippen molar-refractivity contribution in [1.82, 2.24) is 4.57 Å². The maximum Gasteiger partial charge on any atom is 0.0562 e. The van der Waals surface area contributed by atoms with E-state index in [0.29, 0.717) is 5.02 Å². The number of aromatic nitrogens is 1. The first kappa shape index (κ1) is 14.8. The number of fused-ring (bicyclic) bond motifs is 3. The third-order valence-corrected chi connectivity index (χ3v) is 4.44. The summed E-state index contributed by atoms with van der Waals surface area (Å²) < 4.78 is 2.22. The van der Waals surface area contributed by atoms with Crippen LogP contribution in [0.2, 0.25) is 5.02 Å². The van der Waals surface area contributed by atoms with Gasteiger partial charge in [-0.05, 0) is 48.0 Å². The van der Waals surface area contributed by atoms with Crippen LogP contribution in [-0.2, 0) is 7.05 Å². The van der Waals surface area contributed by atoms with Crippen LogP contribution >= 0.6 is 11.6 Å². The summed E-state index contributed by atoms with van der Waals surface area (Å²) in [5.74, 6) is 0. The van der Waals surface area contributed by atoms with Gasteiger partial charge in [0.1, 0.15) is 0 Å². The van der Waals surface area contributed by atoms with Crippen molar-refractivity contribution in [3.8, 4) is 0 Å². The van der Waals surface area contributed by atoms with Gasteiger partial charge in [-0.15, -0.1) is 0 Å². The number of benzene rings is 3.